The Morgan fingerprint density at radius 3 is 1.76 bits per heavy atom. The summed E-state index contributed by atoms with van der Waals surface area (Å²) in [6, 6.07) is 1.31. The molecule has 2 spiro atoms. The molecule has 0 radical (unpaired) electrons. The molecular formula is C40H68N6O9. The van der Waals surface area contributed by atoms with E-state index >= 15 is 0 Å². The number of nitrogens with zero attached hydrogens (tertiary/aromatic N) is 3. The van der Waals surface area contributed by atoms with Gasteiger partial charge in [-0.05, 0) is 77.8 Å². The predicted octanol–water partition coefficient (Wildman–Crippen LogP) is 5.20. The number of hydrogen-bond acceptors (Lipinski definition) is 11. The minimum absolute atomic E-state index is 0.0735. The van der Waals surface area contributed by atoms with E-state index in [0.717, 1.165) is 96.9 Å². The maximum absolute atomic E-state index is 12.2. The van der Waals surface area contributed by atoms with Crippen LogP contribution in [0.5, 0.6) is 0 Å². The number of likely N-dealkylation sites (tertiary alicyclic amines) is 1. The molecule has 8 aliphatic heterocycles. The number of amides is 4. The third-order valence-corrected chi connectivity index (χ3v) is 13.2. The molecule has 55 heavy (non-hydrogen) atoms. The van der Waals surface area contributed by atoms with Gasteiger partial charge in [-0.15, -0.1) is 0 Å². The maximum Gasteiger partial charge on any atom is 0.410 e. The Morgan fingerprint density at radius 2 is 1.31 bits per heavy atom. The fraction of sp³-hybridized carbons (Fsp3) is 0.875. The highest BCUT2D eigenvalue weighted by Crippen LogP contribution is 2.42. The summed E-state index contributed by atoms with van der Waals surface area (Å²) < 4.78 is 27.5. The SMILES string of the molecule is CCC1NC(=O)OC12CCNCC2.CCOC(=O)N1CC2CCC1CC2=O.CCOC(=O)N1CC2CCC1CC2N1CCC2(CC1)OC(=O)NC2CC.[2H]CC. The molecule has 312 valence electrons. The van der Waals surface area contributed by atoms with E-state index in [9.17, 15) is 24.0 Å². The van der Waals surface area contributed by atoms with Crippen LogP contribution >= 0.6 is 0 Å². The van der Waals surface area contributed by atoms with Crippen molar-refractivity contribution in [2.75, 3.05) is 52.5 Å². The molecule has 0 aromatic heterocycles. The van der Waals surface area contributed by atoms with Crippen LogP contribution in [0.4, 0.5) is 19.2 Å². The summed E-state index contributed by atoms with van der Waals surface area (Å²) in [5.41, 5.74) is -0.524. The van der Waals surface area contributed by atoms with Crippen molar-refractivity contribution in [3.63, 3.8) is 0 Å². The topological polar surface area (TPSA) is 168 Å². The van der Waals surface area contributed by atoms with Crippen molar-refractivity contribution in [1.82, 2.24) is 30.7 Å². The first-order valence-electron chi connectivity index (χ1n) is 21.8. The van der Waals surface area contributed by atoms with Crippen LogP contribution in [0.15, 0.2) is 0 Å². The molecular weight excluding hydrogens is 708 g/mol. The van der Waals surface area contributed by atoms with Crippen LogP contribution in [0.1, 0.15) is 120 Å². The number of ketones is 1. The highest BCUT2D eigenvalue weighted by molar-refractivity contribution is 5.85. The Bertz CT molecular complexity index is 1360. The molecule has 10 rings (SSSR count). The van der Waals surface area contributed by atoms with Crippen molar-refractivity contribution in [1.29, 1.82) is 0 Å². The van der Waals surface area contributed by atoms with Gasteiger partial charge >= 0.3 is 24.4 Å². The van der Waals surface area contributed by atoms with Crippen LogP contribution in [0, 0.1) is 11.8 Å². The number of Topliss-reactive ketones (excluding diaryl/α,β-unsaturated/α-hetero) is 1. The van der Waals surface area contributed by atoms with Crippen molar-refractivity contribution in [3.05, 3.63) is 0 Å². The molecule has 15 heteroatoms. The van der Waals surface area contributed by atoms with Gasteiger partial charge < -0.3 is 44.7 Å². The number of nitrogens with one attached hydrogen (secondary N) is 3. The lowest BCUT2D eigenvalue weighted by Crippen LogP contribution is -2.62. The van der Waals surface area contributed by atoms with E-state index in [1.165, 1.54) is 6.42 Å². The summed E-state index contributed by atoms with van der Waals surface area (Å²) in [6.45, 7) is 16.2. The molecule has 3 N–H and O–H groups in total. The number of hydrogen-bond donors (Lipinski definition) is 3. The van der Waals surface area contributed by atoms with Crippen molar-refractivity contribution < 1.29 is 44.3 Å². The van der Waals surface area contributed by atoms with Crippen LogP contribution in [0.25, 0.3) is 0 Å². The molecule has 10 fully saturated rings. The second kappa shape index (κ2) is 19.2. The largest absolute Gasteiger partial charge is 0.450 e. The summed E-state index contributed by atoms with van der Waals surface area (Å²) in [7, 11) is 0. The van der Waals surface area contributed by atoms with Crippen molar-refractivity contribution in [2.45, 2.75) is 160 Å². The molecule has 10 aliphatic rings. The van der Waals surface area contributed by atoms with Gasteiger partial charge in [-0.3, -0.25) is 9.69 Å². The molecule has 15 nitrogen and oxygen atoms in total. The minimum atomic E-state index is -0.313. The first-order chi connectivity index (χ1) is 27.0. The third-order valence-electron chi connectivity index (χ3n) is 13.2. The van der Waals surface area contributed by atoms with Gasteiger partial charge in [0.25, 0.3) is 0 Å². The summed E-state index contributed by atoms with van der Waals surface area (Å²) in [5.74, 6) is 0.927. The van der Waals surface area contributed by atoms with Crippen LogP contribution in [0.3, 0.4) is 0 Å². The molecule has 8 heterocycles. The van der Waals surface area contributed by atoms with E-state index in [0.29, 0.717) is 56.9 Å². The fourth-order valence-electron chi connectivity index (χ4n) is 10.3. The summed E-state index contributed by atoms with van der Waals surface area (Å²) in [4.78, 5) is 64.2. The lowest BCUT2D eigenvalue weighted by atomic mass is 9.74. The number of fused-ring (bicyclic) bond motifs is 6. The molecule has 7 atom stereocenters. The van der Waals surface area contributed by atoms with Crippen molar-refractivity contribution in [2.24, 2.45) is 11.8 Å². The Morgan fingerprint density at radius 1 is 0.782 bits per heavy atom. The monoisotopic (exact) mass is 778 g/mol. The lowest BCUT2D eigenvalue weighted by molar-refractivity contribution is -0.131. The Kier molecular flexibility index (Phi) is 14.4. The zero-order valence-electron chi connectivity index (χ0n) is 34.9. The summed E-state index contributed by atoms with van der Waals surface area (Å²) in [6.07, 6.45) is 10.4. The first-order valence-corrected chi connectivity index (χ1v) is 21.1. The molecule has 2 saturated carbocycles. The maximum atomic E-state index is 12.2. The normalized spacial score (nSPS) is 32.6. The second-order valence-electron chi connectivity index (χ2n) is 16.0. The van der Waals surface area contributed by atoms with Gasteiger partial charge in [0.1, 0.15) is 17.0 Å². The van der Waals surface area contributed by atoms with Gasteiger partial charge in [0.2, 0.25) is 0 Å². The van der Waals surface area contributed by atoms with Crippen LogP contribution in [-0.2, 0) is 23.7 Å². The third kappa shape index (κ3) is 9.45. The summed E-state index contributed by atoms with van der Waals surface area (Å²) >= 11 is 0. The van der Waals surface area contributed by atoms with E-state index in [4.69, 9.17) is 20.3 Å². The molecule has 8 saturated heterocycles. The number of carbonyl (C=O) groups excluding carboxylic acids is 5. The molecule has 0 aromatic rings. The number of rotatable bonds is 5. The second-order valence-corrected chi connectivity index (χ2v) is 16.0. The number of alkyl carbamates (subject to hydrolysis) is 2. The Labute approximate surface area is 329 Å². The van der Waals surface area contributed by atoms with Crippen LogP contribution in [-0.4, -0.2) is 139 Å². The van der Waals surface area contributed by atoms with E-state index in [2.05, 4.69) is 34.7 Å². The van der Waals surface area contributed by atoms with E-state index < -0.39 is 0 Å². The molecule has 2 aliphatic carbocycles. The van der Waals surface area contributed by atoms with Gasteiger partial charge in [0.05, 0.1) is 25.3 Å². The number of carbonyl (C=O) groups is 5. The molecule has 0 aromatic carbocycles. The molecule has 4 bridgehead atoms. The smallest absolute Gasteiger partial charge is 0.410 e. The Hall–Kier alpha value is -3.33. The van der Waals surface area contributed by atoms with Gasteiger partial charge in [-0.1, -0.05) is 27.7 Å². The highest BCUT2D eigenvalue weighted by Gasteiger charge is 2.53. The van der Waals surface area contributed by atoms with E-state index in [1.54, 1.807) is 18.7 Å². The predicted molar refractivity (Wildman–Crippen MR) is 206 cm³/mol. The quantitative estimate of drug-likeness (QED) is 0.314. The van der Waals surface area contributed by atoms with Gasteiger partial charge in [-0.25, -0.2) is 19.2 Å². The lowest BCUT2D eigenvalue weighted by Gasteiger charge is -2.54. The van der Waals surface area contributed by atoms with Crippen LogP contribution in [0.2, 0.25) is 0 Å². The number of ether oxygens (including phenoxy) is 4. The number of piperidine rings is 6. The zero-order chi connectivity index (χ0) is 40.5. The highest BCUT2D eigenvalue weighted by atomic mass is 16.6. The molecule has 7 unspecified atom stereocenters. The van der Waals surface area contributed by atoms with E-state index in [1.807, 2.05) is 11.8 Å². The van der Waals surface area contributed by atoms with Gasteiger partial charge in [0.15, 0.2) is 0 Å². The van der Waals surface area contributed by atoms with Crippen molar-refractivity contribution in [3.8, 4) is 0 Å². The molecule has 4 amide bonds. The van der Waals surface area contributed by atoms with Crippen LogP contribution < -0.4 is 16.0 Å². The first kappa shape index (κ1) is 41.3. The Balaban J connectivity index is 0.000000169. The fourth-order valence-corrected chi connectivity index (χ4v) is 10.3. The standard InChI is InChI=1S/C19H31N3O4.C10H15NO3.C9H16N2O2.C2H6/c1-3-16-19(26-17(23)20-16)7-9-21(10-8-19)15-11-14-6-5-13(15)12-22(14)18(24)25-4-2;1-2-14-10(13)11-6-7-3-4-8(11)5-9(7)12;1-2-7-9(13-8(12)11-7)3-5-10-6-4-9;1-2/h13-16H,3-12H2,1-2H3,(H,20,23);7-8H,2-6H2,1H3;7,10H,2-6H2,1H3,(H,11,12);1-2H3/i;;;1D. The zero-order valence-corrected chi connectivity index (χ0v) is 33.9. The van der Waals surface area contributed by atoms with E-state index in [-0.39, 0.29) is 59.6 Å². The average Bonchev–Trinajstić information content (AvgIpc) is 3.69. The van der Waals surface area contributed by atoms with Gasteiger partial charge in [-0.2, -0.15) is 0 Å². The summed E-state index contributed by atoms with van der Waals surface area (Å²) in [5, 5.41) is 9.13. The average molecular weight is 778 g/mol. The van der Waals surface area contributed by atoms with Crippen molar-refractivity contribution >= 4 is 30.2 Å². The minimum Gasteiger partial charge on any atom is -0.450 e. The van der Waals surface area contributed by atoms with Gasteiger partial charge in [0, 0.05) is 83.7 Å².